The van der Waals surface area contributed by atoms with Crippen molar-refractivity contribution in [1.29, 1.82) is 0 Å². The summed E-state index contributed by atoms with van der Waals surface area (Å²) in [7, 11) is 0. The number of amides is 1. The third-order valence-electron chi connectivity index (χ3n) is 3.12. The van der Waals surface area contributed by atoms with Crippen LogP contribution in [-0.4, -0.2) is 34.3 Å². The lowest BCUT2D eigenvalue weighted by molar-refractivity contribution is -0.127. The van der Waals surface area contributed by atoms with Gasteiger partial charge in [-0.2, -0.15) is 0 Å². The molecule has 0 aliphatic carbocycles. The summed E-state index contributed by atoms with van der Waals surface area (Å²) in [5.41, 5.74) is 1.06. The highest BCUT2D eigenvalue weighted by Crippen LogP contribution is 2.25. The molecule has 0 saturated carbocycles. The van der Waals surface area contributed by atoms with E-state index < -0.39 is 0 Å². The van der Waals surface area contributed by atoms with Crippen LogP contribution in [0.1, 0.15) is 18.9 Å². The molecule has 1 fully saturated rings. The molecule has 2 rings (SSSR count). The number of hydrogen-bond acceptors (Lipinski definition) is 3. The molecule has 1 heterocycles. The van der Waals surface area contributed by atoms with Crippen LogP contribution in [0.15, 0.2) is 24.3 Å². The first kappa shape index (κ1) is 14.4. The first-order valence-electron chi connectivity index (χ1n) is 6.24. The summed E-state index contributed by atoms with van der Waals surface area (Å²) in [5.74, 6) is 0.130. The summed E-state index contributed by atoms with van der Waals surface area (Å²) in [6.07, 6.45) is 1.22. The Labute approximate surface area is 122 Å². The Bertz CT molecular complexity index is 492. The van der Waals surface area contributed by atoms with Crippen molar-refractivity contribution >= 4 is 34.4 Å². The molecule has 0 radical (unpaired) electrons. The highest BCUT2D eigenvalue weighted by molar-refractivity contribution is 8.14. The summed E-state index contributed by atoms with van der Waals surface area (Å²) in [6.45, 7) is 2.87. The highest BCUT2D eigenvalue weighted by Gasteiger charge is 2.30. The van der Waals surface area contributed by atoms with Gasteiger partial charge < -0.3 is 4.90 Å². The molecule has 0 spiro atoms. The van der Waals surface area contributed by atoms with Gasteiger partial charge in [0.15, 0.2) is 5.12 Å². The second kappa shape index (κ2) is 6.44. The number of carbonyl (C=O) groups is 2. The van der Waals surface area contributed by atoms with Gasteiger partial charge in [0, 0.05) is 36.7 Å². The molecule has 1 aliphatic rings. The normalized spacial score (nSPS) is 18.9. The molecule has 1 aliphatic heterocycles. The maximum absolute atomic E-state index is 11.8. The molecule has 1 atom stereocenters. The molecular weight excluding hydrogens is 282 g/mol. The van der Waals surface area contributed by atoms with Gasteiger partial charge in [-0.15, -0.1) is 0 Å². The Morgan fingerprint density at radius 3 is 2.89 bits per heavy atom. The van der Waals surface area contributed by atoms with Gasteiger partial charge in [-0.05, 0) is 18.1 Å². The minimum absolute atomic E-state index is 0.0748. The van der Waals surface area contributed by atoms with Crippen LogP contribution in [0.3, 0.4) is 0 Å². The van der Waals surface area contributed by atoms with E-state index in [2.05, 4.69) is 0 Å². The molecule has 1 amide bonds. The lowest BCUT2D eigenvalue weighted by Crippen LogP contribution is -2.28. The van der Waals surface area contributed by atoms with E-state index in [4.69, 9.17) is 11.6 Å². The van der Waals surface area contributed by atoms with Gasteiger partial charge in [0.1, 0.15) is 0 Å². The van der Waals surface area contributed by atoms with Crippen LogP contribution in [-0.2, 0) is 16.0 Å². The minimum atomic E-state index is 0.0748. The van der Waals surface area contributed by atoms with E-state index in [1.54, 1.807) is 6.92 Å². The molecule has 5 heteroatoms. The van der Waals surface area contributed by atoms with Crippen molar-refractivity contribution in [3.63, 3.8) is 0 Å². The molecule has 0 aromatic heterocycles. The zero-order chi connectivity index (χ0) is 13.8. The Kier molecular flexibility index (Phi) is 4.88. The molecule has 1 aromatic rings. The van der Waals surface area contributed by atoms with Crippen molar-refractivity contribution in [1.82, 2.24) is 4.90 Å². The van der Waals surface area contributed by atoms with E-state index in [1.807, 2.05) is 29.2 Å². The van der Waals surface area contributed by atoms with Gasteiger partial charge in [-0.1, -0.05) is 41.6 Å². The van der Waals surface area contributed by atoms with Crippen LogP contribution < -0.4 is 0 Å². The predicted molar refractivity (Wildman–Crippen MR) is 78.4 cm³/mol. The number of carbonyl (C=O) groups excluding carboxylic acids is 2. The summed E-state index contributed by atoms with van der Waals surface area (Å²) in [4.78, 5) is 24.7. The van der Waals surface area contributed by atoms with Crippen molar-refractivity contribution in [2.45, 2.75) is 25.0 Å². The first-order valence-corrected chi connectivity index (χ1v) is 7.50. The van der Waals surface area contributed by atoms with Gasteiger partial charge in [0.25, 0.3) is 0 Å². The molecule has 1 saturated heterocycles. The van der Waals surface area contributed by atoms with Gasteiger partial charge in [-0.3, -0.25) is 9.59 Å². The second-order valence-electron chi connectivity index (χ2n) is 4.62. The number of halogens is 1. The largest absolute Gasteiger partial charge is 0.341 e. The standard InChI is InChI=1S/C14H16ClNO2S/c1-10(17)19-12-8-14(18)16(9-12)7-6-11-4-2-3-5-13(11)15/h2-5,12H,6-9H2,1H3. The third-order valence-corrected chi connectivity index (χ3v) is 4.47. The average molecular weight is 298 g/mol. The summed E-state index contributed by atoms with van der Waals surface area (Å²) < 4.78 is 0. The van der Waals surface area contributed by atoms with E-state index in [0.29, 0.717) is 19.5 Å². The van der Waals surface area contributed by atoms with Crippen molar-refractivity contribution in [2.24, 2.45) is 0 Å². The fraction of sp³-hybridized carbons (Fsp3) is 0.429. The number of hydrogen-bond donors (Lipinski definition) is 0. The molecule has 102 valence electrons. The lowest BCUT2D eigenvalue weighted by atomic mass is 10.1. The first-order chi connectivity index (χ1) is 9.06. The van der Waals surface area contributed by atoms with Gasteiger partial charge in [-0.25, -0.2) is 0 Å². The van der Waals surface area contributed by atoms with Crippen molar-refractivity contribution in [2.75, 3.05) is 13.1 Å². The second-order valence-corrected chi connectivity index (χ2v) is 6.50. The SMILES string of the molecule is CC(=O)SC1CC(=O)N(CCc2ccccc2Cl)C1. The van der Waals surface area contributed by atoms with Crippen LogP contribution in [0.25, 0.3) is 0 Å². The monoisotopic (exact) mass is 297 g/mol. The Balaban J connectivity index is 1.88. The molecule has 0 N–H and O–H groups in total. The fourth-order valence-electron chi connectivity index (χ4n) is 2.22. The average Bonchev–Trinajstić information content (AvgIpc) is 2.67. The molecular formula is C14H16ClNO2S. The number of rotatable bonds is 4. The van der Waals surface area contributed by atoms with E-state index >= 15 is 0 Å². The number of benzene rings is 1. The van der Waals surface area contributed by atoms with Crippen LogP contribution in [0, 0.1) is 0 Å². The maximum Gasteiger partial charge on any atom is 0.223 e. The van der Waals surface area contributed by atoms with Crippen LogP contribution >= 0.6 is 23.4 Å². The lowest BCUT2D eigenvalue weighted by Gasteiger charge is -2.16. The summed E-state index contributed by atoms with van der Waals surface area (Å²) >= 11 is 7.36. The molecule has 3 nitrogen and oxygen atoms in total. The topological polar surface area (TPSA) is 37.4 Å². The van der Waals surface area contributed by atoms with Gasteiger partial charge in [0.2, 0.25) is 5.91 Å². The van der Waals surface area contributed by atoms with E-state index in [9.17, 15) is 9.59 Å². The summed E-state index contributed by atoms with van der Waals surface area (Å²) in [5, 5.41) is 0.922. The smallest absolute Gasteiger partial charge is 0.223 e. The Morgan fingerprint density at radius 1 is 1.47 bits per heavy atom. The summed E-state index contributed by atoms with van der Waals surface area (Å²) in [6, 6.07) is 7.68. The van der Waals surface area contributed by atoms with Crippen LogP contribution in [0.4, 0.5) is 0 Å². The zero-order valence-corrected chi connectivity index (χ0v) is 12.3. The number of likely N-dealkylation sites (tertiary alicyclic amines) is 1. The van der Waals surface area contributed by atoms with Crippen molar-refractivity contribution in [3.8, 4) is 0 Å². The van der Waals surface area contributed by atoms with Crippen LogP contribution in [0.2, 0.25) is 5.02 Å². The van der Waals surface area contributed by atoms with E-state index in [1.165, 1.54) is 11.8 Å². The minimum Gasteiger partial charge on any atom is -0.341 e. The fourth-order valence-corrected chi connectivity index (χ4v) is 3.40. The Hall–Kier alpha value is -1.00. The molecule has 1 aromatic carbocycles. The third kappa shape index (κ3) is 3.98. The predicted octanol–water partition coefficient (Wildman–Crippen LogP) is 2.76. The van der Waals surface area contributed by atoms with Gasteiger partial charge in [0.05, 0.1) is 0 Å². The maximum atomic E-state index is 11.8. The molecule has 19 heavy (non-hydrogen) atoms. The number of thioether (sulfide) groups is 1. The van der Waals surface area contributed by atoms with Crippen molar-refractivity contribution < 1.29 is 9.59 Å². The quantitative estimate of drug-likeness (QED) is 0.857. The molecule has 1 unspecified atom stereocenters. The van der Waals surface area contributed by atoms with Crippen LogP contribution in [0.5, 0.6) is 0 Å². The van der Waals surface area contributed by atoms with Gasteiger partial charge >= 0.3 is 0 Å². The molecule has 0 bridgehead atoms. The highest BCUT2D eigenvalue weighted by atomic mass is 35.5. The number of nitrogens with zero attached hydrogens (tertiary/aromatic N) is 1. The zero-order valence-electron chi connectivity index (χ0n) is 10.8. The van der Waals surface area contributed by atoms with E-state index in [-0.39, 0.29) is 16.3 Å². The Morgan fingerprint density at radius 2 is 2.21 bits per heavy atom. The van der Waals surface area contributed by atoms with Crippen molar-refractivity contribution in [3.05, 3.63) is 34.9 Å². The van der Waals surface area contributed by atoms with E-state index in [0.717, 1.165) is 17.0 Å².